The first kappa shape index (κ1) is 14.4. The van der Waals surface area contributed by atoms with Crippen molar-refractivity contribution in [3.8, 4) is 11.8 Å². The quantitative estimate of drug-likeness (QED) is 0.420. The molecular formula is C12H22O2Si. The maximum absolute atomic E-state index is 11.5. The van der Waals surface area contributed by atoms with E-state index in [0.717, 1.165) is 0 Å². The summed E-state index contributed by atoms with van der Waals surface area (Å²) in [7, 11) is -1.85. The lowest BCUT2D eigenvalue weighted by Crippen LogP contribution is -2.45. The molecule has 86 valence electrons. The van der Waals surface area contributed by atoms with E-state index in [2.05, 4.69) is 45.7 Å². The van der Waals surface area contributed by atoms with E-state index in [1.165, 1.54) is 0 Å². The van der Waals surface area contributed by atoms with Crippen LogP contribution in [0, 0.1) is 11.8 Å². The molecule has 1 atom stereocenters. The van der Waals surface area contributed by atoms with Crippen molar-refractivity contribution in [3.63, 3.8) is 0 Å². The van der Waals surface area contributed by atoms with Gasteiger partial charge in [-0.3, -0.25) is 4.79 Å². The second kappa shape index (κ2) is 4.96. The number of carbonyl (C=O) groups is 1. The largest absolute Gasteiger partial charge is 0.406 e. The van der Waals surface area contributed by atoms with Crippen molar-refractivity contribution in [2.24, 2.45) is 0 Å². The summed E-state index contributed by atoms with van der Waals surface area (Å²) in [6.45, 7) is 14.2. The Kier molecular flexibility index (Phi) is 4.76. The van der Waals surface area contributed by atoms with Gasteiger partial charge in [0.2, 0.25) is 5.78 Å². The van der Waals surface area contributed by atoms with Crippen LogP contribution in [0.5, 0.6) is 0 Å². The Morgan fingerprint density at radius 3 is 2.13 bits per heavy atom. The van der Waals surface area contributed by atoms with Gasteiger partial charge < -0.3 is 4.43 Å². The molecular weight excluding hydrogens is 204 g/mol. The molecule has 0 heterocycles. The second-order valence-corrected chi connectivity index (χ2v) is 10.0. The average Bonchev–Trinajstić information content (AvgIpc) is 2.01. The molecule has 15 heavy (non-hydrogen) atoms. The summed E-state index contributed by atoms with van der Waals surface area (Å²) >= 11 is 0. The third-order valence-electron chi connectivity index (χ3n) is 2.90. The smallest absolute Gasteiger partial charge is 0.232 e. The molecule has 0 N–H and O–H groups in total. The molecule has 0 aliphatic heterocycles. The van der Waals surface area contributed by atoms with Crippen LogP contribution in [0.3, 0.4) is 0 Å². The summed E-state index contributed by atoms with van der Waals surface area (Å²) in [5, 5.41) is 0.126. The molecule has 0 fully saturated rings. The number of rotatable bonds is 3. The minimum atomic E-state index is -1.85. The summed E-state index contributed by atoms with van der Waals surface area (Å²) in [4.78, 5) is 11.5. The number of hydrogen-bond acceptors (Lipinski definition) is 2. The van der Waals surface area contributed by atoms with Gasteiger partial charge in [0.15, 0.2) is 8.32 Å². The lowest BCUT2D eigenvalue weighted by Gasteiger charge is -2.37. The molecule has 0 aromatic carbocycles. The Morgan fingerprint density at radius 1 is 1.33 bits per heavy atom. The Labute approximate surface area is 94.5 Å². The Bertz CT molecular complexity index is 289. The van der Waals surface area contributed by atoms with Gasteiger partial charge in [0.25, 0.3) is 0 Å². The molecule has 1 unspecified atom stereocenters. The molecule has 0 saturated carbocycles. The van der Waals surface area contributed by atoms with Gasteiger partial charge in [-0.1, -0.05) is 26.7 Å². The van der Waals surface area contributed by atoms with Gasteiger partial charge >= 0.3 is 0 Å². The van der Waals surface area contributed by atoms with Crippen LogP contribution in [-0.4, -0.2) is 20.2 Å². The molecule has 0 saturated heterocycles. The Hall–Kier alpha value is -0.593. The fourth-order valence-corrected chi connectivity index (χ4v) is 2.24. The first-order valence-electron chi connectivity index (χ1n) is 5.26. The van der Waals surface area contributed by atoms with Gasteiger partial charge in [-0.2, -0.15) is 0 Å². The zero-order valence-electron chi connectivity index (χ0n) is 10.9. The van der Waals surface area contributed by atoms with Crippen molar-refractivity contribution in [3.05, 3.63) is 0 Å². The van der Waals surface area contributed by atoms with Crippen molar-refractivity contribution in [1.82, 2.24) is 0 Å². The summed E-state index contributed by atoms with van der Waals surface area (Å²) in [5.74, 6) is 5.01. The third kappa shape index (κ3) is 4.19. The van der Waals surface area contributed by atoms with E-state index in [1.807, 2.05) is 0 Å². The molecule has 0 spiro atoms. The van der Waals surface area contributed by atoms with Gasteiger partial charge in [-0.25, -0.2) is 0 Å². The number of ketones is 1. The van der Waals surface area contributed by atoms with E-state index >= 15 is 0 Å². The van der Waals surface area contributed by atoms with Crippen molar-refractivity contribution >= 4 is 14.1 Å². The highest BCUT2D eigenvalue weighted by Crippen LogP contribution is 2.37. The highest BCUT2D eigenvalue weighted by atomic mass is 28.4. The first-order valence-corrected chi connectivity index (χ1v) is 8.17. The topological polar surface area (TPSA) is 26.3 Å². The second-order valence-electron chi connectivity index (χ2n) is 5.26. The van der Waals surface area contributed by atoms with Crippen molar-refractivity contribution in [1.29, 1.82) is 0 Å². The fraction of sp³-hybridized carbons (Fsp3) is 0.750. The molecule has 2 nitrogen and oxygen atoms in total. The van der Waals surface area contributed by atoms with Crippen LogP contribution in [-0.2, 0) is 9.22 Å². The van der Waals surface area contributed by atoms with Crippen LogP contribution in [0.15, 0.2) is 0 Å². The predicted octanol–water partition coefficient (Wildman–Crippen LogP) is 2.99. The highest BCUT2D eigenvalue weighted by Gasteiger charge is 2.39. The zero-order valence-corrected chi connectivity index (χ0v) is 11.9. The van der Waals surface area contributed by atoms with Crippen LogP contribution < -0.4 is 0 Å². The van der Waals surface area contributed by atoms with Crippen LogP contribution in [0.25, 0.3) is 0 Å². The predicted molar refractivity (Wildman–Crippen MR) is 66.2 cm³/mol. The monoisotopic (exact) mass is 226 g/mol. The Morgan fingerprint density at radius 2 is 1.80 bits per heavy atom. The van der Waals surface area contributed by atoms with Crippen molar-refractivity contribution in [2.45, 2.75) is 58.9 Å². The average molecular weight is 226 g/mol. The molecule has 0 aliphatic carbocycles. The Balaban J connectivity index is 4.59. The summed E-state index contributed by atoms with van der Waals surface area (Å²) in [6, 6.07) is 0. The van der Waals surface area contributed by atoms with Gasteiger partial charge in [0, 0.05) is 0 Å². The van der Waals surface area contributed by atoms with Crippen LogP contribution in [0.2, 0.25) is 18.1 Å². The van der Waals surface area contributed by atoms with Gasteiger partial charge in [0.1, 0.15) is 6.10 Å². The summed E-state index contributed by atoms with van der Waals surface area (Å²) < 4.78 is 5.90. The molecule has 0 bridgehead atoms. The maximum atomic E-state index is 11.5. The minimum Gasteiger partial charge on any atom is -0.406 e. The lowest BCUT2D eigenvalue weighted by molar-refractivity contribution is -0.119. The minimum absolute atomic E-state index is 0.123. The van der Waals surface area contributed by atoms with E-state index in [9.17, 15) is 4.79 Å². The van der Waals surface area contributed by atoms with Crippen LogP contribution in [0.1, 0.15) is 34.6 Å². The van der Waals surface area contributed by atoms with E-state index in [0.29, 0.717) is 0 Å². The molecule has 0 aromatic heterocycles. The standard InChI is InChI=1S/C12H22O2Si/c1-8-9-11(13)10(2)14-15(6,7)12(3,4)5/h10H,1-7H3. The summed E-state index contributed by atoms with van der Waals surface area (Å²) in [6.07, 6.45) is -0.404. The zero-order chi connectivity index (χ0) is 12.3. The van der Waals surface area contributed by atoms with Gasteiger partial charge in [-0.05, 0) is 37.9 Å². The van der Waals surface area contributed by atoms with Gasteiger partial charge in [0.05, 0.1) is 0 Å². The van der Waals surface area contributed by atoms with E-state index < -0.39 is 14.4 Å². The molecule has 0 radical (unpaired) electrons. The lowest BCUT2D eigenvalue weighted by atomic mass is 10.2. The number of Topliss-reactive ketones (excluding diaryl/α,β-unsaturated/α-hetero) is 1. The SMILES string of the molecule is CC#CC(=O)C(C)O[Si](C)(C)C(C)(C)C. The molecule has 0 aliphatic rings. The van der Waals surface area contributed by atoms with E-state index in [-0.39, 0.29) is 10.8 Å². The molecule has 0 rings (SSSR count). The summed E-state index contributed by atoms with van der Waals surface area (Å²) in [5.41, 5.74) is 0. The first-order chi connectivity index (χ1) is 6.62. The third-order valence-corrected chi connectivity index (χ3v) is 7.45. The molecule has 3 heteroatoms. The van der Waals surface area contributed by atoms with Crippen LogP contribution >= 0.6 is 0 Å². The highest BCUT2D eigenvalue weighted by molar-refractivity contribution is 6.74. The maximum Gasteiger partial charge on any atom is 0.232 e. The number of hydrogen-bond donors (Lipinski definition) is 0. The number of carbonyl (C=O) groups excluding carboxylic acids is 1. The molecule has 0 amide bonds. The van der Waals surface area contributed by atoms with Crippen LogP contribution in [0.4, 0.5) is 0 Å². The normalized spacial score (nSPS) is 14.1. The van der Waals surface area contributed by atoms with Gasteiger partial charge in [-0.15, -0.1) is 0 Å². The van der Waals surface area contributed by atoms with Crippen molar-refractivity contribution < 1.29 is 9.22 Å². The van der Waals surface area contributed by atoms with E-state index in [1.54, 1.807) is 13.8 Å². The fourth-order valence-electron chi connectivity index (χ4n) is 0.897. The van der Waals surface area contributed by atoms with E-state index in [4.69, 9.17) is 4.43 Å². The van der Waals surface area contributed by atoms with Crippen molar-refractivity contribution in [2.75, 3.05) is 0 Å². The molecule has 0 aromatic rings.